The van der Waals surface area contributed by atoms with Crippen molar-refractivity contribution in [3.05, 3.63) is 0 Å². The molecule has 3 N–H and O–H groups in total. The van der Waals surface area contributed by atoms with E-state index in [1.807, 2.05) is 0 Å². The molecule has 39 heavy (non-hydrogen) atoms. The van der Waals surface area contributed by atoms with Gasteiger partial charge in [0.1, 0.15) is 0 Å². The maximum absolute atomic E-state index is 12.3. The molecule has 0 spiro atoms. The van der Waals surface area contributed by atoms with E-state index in [4.69, 9.17) is 0 Å². The van der Waals surface area contributed by atoms with E-state index in [9.17, 15) is 15.0 Å². The van der Waals surface area contributed by atoms with Gasteiger partial charge in [-0.2, -0.15) is 0 Å². The van der Waals surface area contributed by atoms with Gasteiger partial charge in [0.25, 0.3) is 0 Å². The Morgan fingerprint density at radius 2 is 0.821 bits per heavy atom. The van der Waals surface area contributed by atoms with Gasteiger partial charge in [0.15, 0.2) is 0 Å². The number of rotatable bonds is 32. The molecule has 0 aliphatic rings. The Morgan fingerprint density at radius 1 is 0.513 bits per heavy atom. The minimum atomic E-state index is -0.650. The van der Waals surface area contributed by atoms with Crippen LogP contribution >= 0.6 is 0 Å². The zero-order valence-corrected chi connectivity index (χ0v) is 26.7. The second-order valence-corrected chi connectivity index (χ2v) is 12.3. The second-order valence-electron chi connectivity index (χ2n) is 12.3. The van der Waals surface area contributed by atoms with Crippen LogP contribution in [0.15, 0.2) is 0 Å². The molecule has 0 aromatic heterocycles. The zero-order chi connectivity index (χ0) is 28.7. The van der Waals surface area contributed by atoms with Crippen LogP contribution in [0.2, 0.25) is 0 Å². The Balaban J connectivity index is 3.54. The first kappa shape index (κ1) is 38.4. The van der Waals surface area contributed by atoms with Crippen molar-refractivity contribution in [2.24, 2.45) is 0 Å². The molecule has 0 fully saturated rings. The smallest absolute Gasteiger partial charge is 0.220 e. The summed E-state index contributed by atoms with van der Waals surface area (Å²) in [6.07, 6.45) is 35.8. The first-order valence-corrected chi connectivity index (χ1v) is 17.7. The van der Waals surface area contributed by atoms with Crippen molar-refractivity contribution >= 4 is 5.91 Å². The Labute approximate surface area is 244 Å². The summed E-state index contributed by atoms with van der Waals surface area (Å²) in [7, 11) is 0. The average molecular weight is 554 g/mol. The normalized spacial score (nSPS) is 13.0. The number of carbonyl (C=O) groups excluding carboxylic acids is 1. The maximum atomic E-state index is 12.3. The lowest BCUT2D eigenvalue weighted by atomic mass is 10.0. The minimum absolute atomic E-state index is 0.0302. The molecule has 234 valence electrons. The third-order valence-electron chi connectivity index (χ3n) is 8.37. The highest BCUT2D eigenvalue weighted by Crippen LogP contribution is 2.15. The molecule has 0 radical (unpaired) electrons. The van der Waals surface area contributed by atoms with Gasteiger partial charge in [-0.15, -0.1) is 0 Å². The molecule has 2 unspecified atom stereocenters. The summed E-state index contributed by atoms with van der Waals surface area (Å²) in [5.41, 5.74) is 0. The number of amides is 1. The first-order chi connectivity index (χ1) is 19.2. The third kappa shape index (κ3) is 28.7. The highest BCUT2D eigenvalue weighted by molar-refractivity contribution is 5.76. The Morgan fingerprint density at radius 3 is 1.15 bits per heavy atom. The summed E-state index contributed by atoms with van der Waals surface area (Å²) in [4.78, 5) is 12.3. The predicted octanol–water partition coefficient (Wildman–Crippen LogP) is 10.2. The molecule has 0 saturated heterocycles. The monoisotopic (exact) mass is 554 g/mol. The zero-order valence-electron chi connectivity index (χ0n) is 26.7. The van der Waals surface area contributed by atoms with Gasteiger partial charge in [-0.25, -0.2) is 0 Å². The summed E-state index contributed by atoms with van der Waals surface area (Å²) in [5, 5.41) is 23.0. The first-order valence-electron chi connectivity index (χ1n) is 17.7. The summed E-state index contributed by atoms with van der Waals surface area (Å²) in [6.45, 7) is 4.35. The van der Waals surface area contributed by atoms with Crippen LogP contribution in [-0.4, -0.2) is 34.9 Å². The van der Waals surface area contributed by atoms with Crippen molar-refractivity contribution in [3.63, 3.8) is 0 Å². The lowest BCUT2D eigenvalue weighted by Crippen LogP contribution is -2.45. The summed E-state index contributed by atoms with van der Waals surface area (Å²) >= 11 is 0. The SMILES string of the molecule is CCCCCCCCCCCCCCCCC(=O)NC(CO)C(O)CCCCCCCCCCCCCCC. The van der Waals surface area contributed by atoms with Crippen LogP contribution in [0.4, 0.5) is 0 Å². The molecule has 4 heteroatoms. The van der Waals surface area contributed by atoms with Crippen LogP contribution < -0.4 is 5.32 Å². The van der Waals surface area contributed by atoms with E-state index in [-0.39, 0.29) is 12.5 Å². The molecule has 0 saturated carbocycles. The van der Waals surface area contributed by atoms with Crippen molar-refractivity contribution in [2.45, 2.75) is 212 Å². The molecule has 2 atom stereocenters. The van der Waals surface area contributed by atoms with Crippen LogP contribution in [-0.2, 0) is 4.79 Å². The number of nitrogens with one attached hydrogen (secondary N) is 1. The number of aliphatic hydroxyl groups excluding tert-OH is 2. The van der Waals surface area contributed by atoms with Gasteiger partial charge in [-0.1, -0.05) is 181 Å². The maximum Gasteiger partial charge on any atom is 0.220 e. The molecule has 0 aliphatic heterocycles. The van der Waals surface area contributed by atoms with E-state index in [0.717, 1.165) is 25.7 Å². The van der Waals surface area contributed by atoms with Crippen molar-refractivity contribution < 1.29 is 15.0 Å². The topological polar surface area (TPSA) is 69.6 Å². The van der Waals surface area contributed by atoms with Gasteiger partial charge in [-0.05, 0) is 12.8 Å². The quantitative estimate of drug-likeness (QED) is 0.0726. The Kier molecular flexibility index (Phi) is 31.4. The van der Waals surface area contributed by atoms with Gasteiger partial charge in [-0.3, -0.25) is 4.79 Å². The summed E-state index contributed by atoms with van der Waals surface area (Å²) < 4.78 is 0. The Hall–Kier alpha value is -0.610. The van der Waals surface area contributed by atoms with E-state index in [0.29, 0.717) is 12.8 Å². The van der Waals surface area contributed by atoms with E-state index < -0.39 is 12.1 Å². The average Bonchev–Trinajstić information content (AvgIpc) is 2.94. The fourth-order valence-electron chi connectivity index (χ4n) is 5.59. The fraction of sp³-hybridized carbons (Fsp3) is 0.971. The summed E-state index contributed by atoms with van der Waals surface area (Å²) in [5.74, 6) is -0.0302. The lowest BCUT2D eigenvalue weighted by molar-refractivity contribution is -0.123. The van der Waals surface area contributed by atoms with Crippen LogP contribution in [0.1, 0.15) is 200 Å². The lowest BCUT2D eigenvalue weighted by Gasteiger charge is -2.22. The molecule has 0 aromatic carbocycles. The van der Waals surface area contributed by atoms with E-state index in [1.54, 1.807) is 0 Å². The molecule has 0 bridgehead atoms. The Bertz CT molecular complexity index is 485. The highest BCUT2D eigenvalue weighted by atomic mass is 16.3. The number of unbranched alkanes of at least 4 members (excludes halogenated alkanes) is 25. The second kappa shape index (κ2) is 31.9. The third-order valence-corrected chi connectivity index (χ3v) is 8.37. The standard InChI is InChI=1S/C35H71NO3/c1-3-5-7-9-11-13-15-17-19-21-23-25-27-29-31-35(39)36-33(32-37)34(38)30-28-26-24-22-20-18-16-14-12-10-8-6-4-2/h33-34,37-38H,3-32H2,1-2H3,(H,36,39). The van der Waals surface area contributed by atoms with Gasteiger partial charge in [0.2, 0.25) is 5.91 Å². The molecule has 1 amide bonds. The molecule has 0 heterocycles. The van der Waals surface area contributed by atoms with Gasteiger partial charge < -0.3 is 15.5 Å². The van der Waals surface area contributed by atoms with Crippen molar-refractivity contribution in [3.8, 4) is 0 Å². The number of hydrogen-bond donors (Lipinski definition) is 3. The van der Waals surface area contributed by atoms with Crippen LogP contribution in [0.25, 0.3) is 0 Å². The fourth-order valence-corrected chi connectivity index (χ4v) is 5.59. The van der Waals surface area contributed by atoms with E-state index in [1.165, 1.54) is 148 Å². The van der Waals surface area contributed by atoms with Crippen LogP contribution in [0.3, 0.4) is 0 Å². The number of carbonyl (C=O) groups is 1. The van der Waals surface area contributed by atoms with E-state index >= 15 is 0 Å². The van der Waals surface area contributed by atoms with Crippen LogP contribution in [0, 0.1) is 0 Å². The van der Waals surface area contributed by atoms with Crippen LogP contribution in [0.5, 0.6) is 0 Å². The molecular weight excluding hydrogens is 482 g/mol. The summed E-state index contributed by atoms with van der Waals surface area (Å²) in [6, 6.07) is -0.526. The number of hydrogen-bond acceptors (Lipinski definition) is 3. The minimum Gasteiger partial charge on any atom is -0.394 e. The molecule has 0 rings (SSSR count). The van der Waals surface area contributed by atoms with Crippen molar-refractivity contribution in [1.29, 1.82) is 0 Å². The molecule has 0 aromatic rings. The van der Waals surface area contributed by atoms with Gasteiger partial charge in [0.05, 0.1) is 18.8 Å². The predicted molar refractivity (Wildman–Crippen MR) is 170 cm³/mol. The van der Waals surface area contributed by atoms with E-state index in [2.05, 4.69) is 19.2 Å². The molecular formula is C35H71NO3. The van der Waals surface area contributed by atoms with Crippen molar-refractivity contribution in [2.75, 3.05) is 6.61 Å². The largest absolute Gasteiger partial charge is 0.394 e. The van der Waals surface area contributed by atoms with Gasteiger partial charge >= 0.3 is 0 Å². The van der Waals surface area contributed by atoms with Gasteiger partial charge in [0, 0.05) is 6.42 Å². The number of aliphatic hydroxyl groups is 2. The molecule has 0 aliphatic carbocycles. The highest BCUT2D eigenvalue weighted by Gasteiger charge is 2.19. The molecule has 4 nitrogen and oxygen atoms in total. The van der Waals surface area contributed by atoms with Crippen molar-refractivity contribution in [1.82, 2.24) is 5.32 Å².